The van der Waals surface area contributed by atoms with E-state index >= 15 is 0 Å². The third-order valence-electron chi connectivity index (χ3n) is 4.09. The van der Waals surface area contributed by atoms with Gasteiger partial charge in [0.1, 0.15) is 16.4 Å². The molecule has 0 aromatic heterocycles. The van der Waals surface area contributed by atoms with Gasteiger partial charge < -0.3 is 9.47 Å². The molecule has 0 aliphatic rings. The molecule has 6 heteroatoms. The molecule has 0 saturated carbocycles. The lowest BCUT2D eigenvalue weighted by molar-refractivity contribution is 0.401. The fourth-order valence-corrected chi connectivity index (χ4v) is 3.87. The van der Waals surface area contributed by atoms with Crippen LogP contribution in [0.25, 0.3) is 0 Å². The summed E-state index contributed by atoms with van der Waals surface area (Å²) in [5, 5.41) is 0. The zero-order valence-electron chi connectivity index (χ0n) is 15.3. The van der Waals surface area contributed by atoms with E-state index < -0.39 is 10.0 Å². The van der Waals surface area contributed by atoms with Gasteiger partial charge >= 0.3 is 0 Å². The second-order valence-corrected chi connectivity index (χ2v) is 7.92. The highest BCUT2D eigenvalue weighted by Crippen LogP contribution is 2.31. The Balaban J connectivity index is 2.29. The Morgan fingerprint density at radius 2 is 1.68 bits per heavy atom. The Morgan fingerprint density at radius 1 is 1.04 bits per heavy atom. The third-order valence-corrected chi connectivity index (χ3v) is 5.51. The summed E-state index contributed by atoms with van der Waals surface area (Å²) < 4.78 is 38.6. The molecule has 2 aromatic rings. The van der Waals surface area contributed by atoms with Crippen molar-refractivity contribution in [2.24, 2.45) is 0 Å². The fraction of sp³-hybridized carbons (Fsp3) is 0.368. The lowest BCUT2D eigenvalue weighted by atomic mass is 9.98. The van der Waals surface area contributed by atoms with E-state index in [1.807, 2.05) is 32.9 Å². The third kappa shape index (κ3) is 4.52. The van der Waals surface area contributed by atoms with Gasteiger partial charge in [0.25, 0.3) is 0 Å². The van der Waals surface area contributed by atoms with E-state index in [9.17, 15) is 8.42 Å². The Labute approximate surface area is 150 Å². The lowest BCUT2D eigenvalue weighted by Gasteiger charge is -2.16. The average Bonchev–Trinajstić information content (AvgIpc) is 2.59. The molecule has 2 rings (SSSR count). The Morgan fingerprint density at radius 3 is 2.20 bits per heavy atom. The van der Waals surface area contributed by atoms with Crippen LogP contribution in [0.15, 0.2) is 41.3 Å². The quantitative estimate of drug-likeness (QED) is 0.816. The first-order chi connectivity index (χ1) is 11.8. The minimum Gasteiger partial charge on any atom is -0.497 e. The molecule has 0 unspecified atom stereocenters. The van der Waals surface area contributed by atoms with Gasteiger partial charge in [-0.05, 0) is 53.8 Å². The van der Waals surface area contributed by atoms with E-state index in [2.05, 4.69) is 4.72 Å². The number of rotatable bonds is 7. The first-order valence-corrected chi connectivity index (χ1v) is 9.58. The van der Waals surface area contributed by atoms with E-state index in [1.165, 1.54) is 7.11 Å². The number of sulfonamides is 1. The molecule has 0 spiro atoms. The summed E-state index contributed by atoms with van der Waals surface area (Å²) in [6, 6.07) is 10.7. The second kappa shape index (κ2) is 7.89. The zero-order chi connectivity index (χ0) is 18.6. The molecule has 0 bridgehead atoms. The van der Waals surface area contributed by atoms with Gasteiger partial charge in [0, 0.05) is 6.54 Å². The molecule has 0 atom stereocenters. The molecule has 136 valence electrons. The van der Waals surface area contributed by atoms with E-state index in [0.717, 1.165) is 22.4 Å². The highest BCUT2D eigenvalue weighted by atomic mass is 32.2. The van der Waals surface area contributed by atoms with Crippen molar-refractivity contribution in [2.75, 3.05) is 14.2 Å². The van der Waals surface area contributed by atoms with Crippen molar-refractivity contribution >= 4 is 10.0 Å². The molecule has 0 fully saturated rings. The molecule has 1 N–H and O–H groups in total. The molecule has 5 nitrogen and oxygen atoms in total. The monoisotopic (exact) mass is 363 g/mol. The van der Waals surface area contributed by atoms with Gasteiger partial charge in [0.15, 0.2) is 0 Å². The smallest absolute Gasteiger partial charge is 0.244 e. The number of benzene rings is 2. The van der Waals surface area contributed by atoms with Gasteiger partial charge in [-0.3, -0.25) is 0 Å². The second-order valence-electron chi connectivity index (χ2n) is 6.19. The van der Waals surface area contributed by atoms with Crippen LogP contribution in [0.5, 0.6) is 11.5 Å². The zero-order valence-corrected chi connectivity index (χ0v) is 16.1. The van der Waals surface area contributed by atoms with Crippen molar-refractivity contribution in [3.05, 3.63) is 53.1 Å². The number of hydrogen-bond acceptors (Lipinski definition) is 4. The van der Waals surface area contributed by atoms with E-state index in [1.54, 1.807) is 31.4 Å². The van der Waals surface area contributed by atoms with Crippen LogP contribution in [0, 0.1) is 6.92 Å². The van der Waals surface area contributed by atoms with Gasteiger partial charge in [-0.15, -0.1) is 0 Å². The van der Waals surface area contributed by atoms with Gasteiger partial charge in [0.05, 0.1) is 14.2 Å². The minimum atomic E-state index is -3.70. The van der Waals surface area contributed by atoms with Crippen LogP contribution in [0.3, 0.4) is 0 Å². The van der Waals surface area contributed by atoms with Crippen molar-refractivity contribution in [2.45, 2.75) is 38.1 Å². The van der Waals surface area contributed by atoms with Crippen LogP contribution in [-0.2, 0) is 16.6 Å². The normalized spacial score (nSPS) is 11.6. The van der Waals surface area contributed by atoms with Crippen LogP contribution in [0.2, 0.25) is 0 Å². The van der Waals surface area contributed by atoms with E-state index in [4.69, 9.17) is 9.47 Å². The number of ether oxygens (including phenoxy) is 2. The fourth-order valence-electron chi connectivity index (χ4n) is 2.67. The predicted molar refractivity (Wildman–Crippen MR) is 98.8 cm³/mol. The highest BCUT2D eigenvalue weighted by molar-refractivity contribution is 7.89. The maximum atomic E-state index is 12.8. The summed E-state index contributed by atoms with van der Waals surface area (Å²) in [5.74, 6) is 1.30. The lowest BCUT2D eigenvalue weighted by Crippen LogP contribution is -2.24. The van der Waals surface area contributed by atoms with Crippen molar-refractivity contribution < 1.29 is 17.9 Å². The summed E-state index contributed by atoms with van der Waals surface area (Å²) in [6.07, 6.45) is 0. The number of nitrogens with one attached hydrogen (secondary N) is 1. The molecular formula is C19H25NO4S. The molecule has 0 saturated heterocycles. The molecule has 0 aliphatic carbocycles. The number of hydrogen-bond donors (Lipinski definition) is 1. The maximum Gasteiger partial charge on any atom is 0.244 e. The van der Waals surface area contributed by atoms with Crippen LogP contribution >= 0.6 is 0 Å². The summed E-state index contributed by atoms with van der Waals surface area (Å²) >= 11 is 0. The Kier molecular flexibility index (Phi) is 6.08. The molecule has 2 aromatic carbocycles. The summed E-state index contributed by atoms with van der Waals surface area (Å²) in [4.78, 5) is 0.165. The van der Waals surface area contributed by atoms with Crippen LogP contribution in [0.1, 0.15) is 36.5 Å². The van der Waals surface area contributed by atoms with Crippen LogP contribution < -0.4 is 14.2 Å². The number of methoxy groups -OCH3 is 2. The Hall–Kier alpha value is -2.05. The van der Waals surface area contributed by atoms with Crippen molar-refractivity contribution in [3.63, 3.8) is 0 Å². The Bertz CT molecular complexity index is 827. The molecule has 25 heavy (non-hydrogen) atoms. The summed E-state index contributed by atoms with van der Waals surface area (Å²) in [7, 11) is -0.626. The molecule has 0 heterocycles. The van der Waals surface area contributed by atoms with Gasteiger partial charge in [-0.25, -0.2) is 13.1 Å². The van der Waals surface area contributed by atoms with E-state index in [0.29, 0.717) is 5.75 Å². The predicted octanol–water partition coefficient (Wildman–Crippen LogP) is 3.61. The summed E-state index contributed by atoms with van der Waals surface area (Å²) in [6.45, 7) is 6.23. The topological polar surface area (TPSA) is 64.6 Å². The van der Waals surface area contributed by atoms with Crippen LogP contribution in [-0.4, -0.2) is 22.6 Å². The maximum absolute atomic E-state index is 12.8. The van der Waals surface area contributed by atoms with Gasteiger partial charge in [-0.1, -0.05) is 26.0 Å². The average molecular weight is 363 g/mol. The van der Waals surface area contributed by atoms with Crippen molar-refractivity contribution in [3.8, 4) is 11.5 Å². The molecule has 0 amide bonds. The number of aryl methyl sites for hydroxylation is 1. The first-order valence-electron chi connectivity index (χ1n) is 8.09. The first kappa shape index (κ1) is 19.3. The van der Waals surface area contributed by atoms with Crippen molar-refractivity contribution in [1.82, 2.24) is 4.72 Å². The molecule has 0 radical (unpaired) electrons. The van der Waals surface area contributed by atoms with Gasteiger partial charge in [-0.2, -0.15) is 0 Å². The van der Waals surface area contributed by atoms with E-state index in [-0.39, 0.29) is 17.4 Å². The largest absolute Gasteiger partial charge is 0.497 e. The van der Waals surface area contributed by atoms with Gasteiger partial charge in [0.2, 0.25) is 10.0 Å². The summed E-state index contributed by atoms with van der Waals surface area (Å²) in [5.41, 5.74) is 2.85. The SMILES string of the molecule is COc1ccc(CNS(=O)(=O)c2cc(C(C)C)c(C)cc2OC)cc1. The van der Waals surface area contributed by atoms with Crippen molar-refractivity contribution in [1.29, 1.82) is 0 Å². The van der Waals surface area contributed by atoms with Crippen LogP contribution in [0.4, 0.5) is 0 Å². The molecule has 0 aliphatic heterocycles. The standard InChI is InChI=1S/C19H25NO4S/c1-13(2)17-11-19(18(24-5)10-14(17)3)25(21,22)20-12-15-6-8-16(23-4)9-7-15/h6-11,13,20H,12H2,1-5H3. The minimum absolute atomic E-state index is 0.165. The highest BCUT2D eigenvalue weighted by Gasteiger charge is 2.22. The molecular weight excluding hydrogens is 338 g/mol.